The monoisotopic (exact) mass is 991 g/mol. The number of hydrogen-bond donors (Lipinski definition) is 6. The summed E-state index contributed by atoms with van der Waals surface area (Å²) in [6.45, 7) is 3.35. The van der Waals surface area contributed by atoms with Gasteiger partial charge >= 0.3 is 19.8 Å². The molecule has 1 aliphatic carbocycles. The van der Waals surface area contributed by atoms with Crippen molar-refractivity contribution in [3.05, 3.63) is 12.2 Å². The first-order chi connectivity index (χ1) is 32.9. The number of carbonyl (C=O) groups excluding carboxylic acids is 2. The topological polar surface area (TPSA) is 210 Å². The van der Waals surface area contributed by atoms with Gasteiger partial charge in [0.05, 0.1) is 6.61 Å². The van der Waals surface area contributed by atoms with Crippen LogP contribution in [-0.4, -0.2) is 98.3 Å². The first-order valence-corrected chi connectivity index (χ1v) is 29.5. The van der Waals surface area contributed by atoms with E-state index in [1.807, 2.05) is 0 Å². The minimum absolute atomic E-state index is 0.101. The van der Waals surface area contributed by atoms with E-state index in [-0.39, 0.29) is 12.8 Å². The van der Waals surface area contributed by atoms with Crippen molar-refractivity contribution in [1.82, 2.24) is 0 Å². The minimum Gasteiger partial charge on any atom is -0.462 e. The second kappa shape index (κ2) is 44.3. The molecule has 0 saturated heterocycles. The number of carbonyl (C=O) groups is 2. The lowest BCUT2D eigenvalue weighted by atomic mass is 9.85. The number of phosphoric ester groups is 1. The van der Waals surface area contributed by atoms with Crippen molar-refractivity contribution in [3.8, 4) is 0 Å². The van der Waals surface area contributed by atoms with Gasteiger partial charge in [0.25, 0.3) is 0 Å². The summed E-state index contributed by atoms with van der Waals surface area (Å²) in [5.41, 5.74) is 0. The molecule has 0 aromatic carbocycles. The summed E-state index contributed by atoms with van der Waals surface area (Å²) in [5.74, 6) is -1.08. The molecule has 1 fully saturated rings. The third-order valence-corrected chi connectivity index (χ3v) is 14.3. The van der Waals surface area contributed by atoms with Crippen LogP contribution in [0.1, 0.15) is 264 Å². The summed E-state index contributed by atoms with van der Waals surface area (Å²) in [5, 5.41) is 50.3. The molecule has 8 atom stereocenters. The SMILES string of the molecule is CCCCCCCC/C=C/CCCCCCCCCCCCCC(=O)O[C@H](COC(=O)CCCCCCCCCCCCCCCCCCCC)COP(=O)(O)OC1C(O)C(O)C(O)[C@@H](O)C1O. The molecule has 6 unspecified atom stereocenters. The number of phosphoric acid groups is 1. The van der Waals surface area contributed by atoms with Gasteiger partial charge in [-0.05, 0) is 38.5 Å². The zero-order chi connectivity index (χ0) is 49.9. The van der Waals surface area contributed by atoms with Gasteiger partial charge in [0.15, 0.2) is 6.10 Å². The van der Waals surface area contributed by atoms with Crippen molar-refractivity contribution in [2.24, 2.45) is 0 Å². The standard InChI is InChI=1S/C54H103O13P/c1-3-5-7-9-11-13-15-17-19-21-23-24-25-27-29-31-33-35-37-39-41-43-48(56)66-46(45-65-68(62,63)67-54-52(60)50(58)49(57)51(59)53(54)61)44-64-47(55)42-40-38-36-34-32-30-28-26-22-20-18-16-14-12-10-8-6-4-2/h17,19,46,49-54,57-61H,3-16,18,20-45H2,1-2H3,(H,62,63)/b19-17+/t46-,49?,50-,51?,52?,53?,54?/m1/s1. The van der Waals surface area contributed by atoms with Gasteiger partial charge in [-0.15, -0.1) is 0 Å². The molecule has 1 rings (SSSR count). The van der Waals surface area contributed by atoms with Crippen LogP contribution in [0.25, 0.3) is 0 Å². The Morgan fingerprint density at radius 2 is 0.750 bits per heavy atom. The van der Waals surface area contributed by atoms with Crippen molar-refractivity contribution < 1.29 is 63.1 Å². The van der Waals surface area contributed by atoms with Gasteiger partial charge in [-0.3, -0.25) is 18.6 Å². The van der Waals surface area contributed by atoms with E-state index < -0.39 is 75.7 Å². The van der Waals surface area contributed by atoms with Crippen LogP contribution in [0.3, 0.4) is 0 Å². The Morgan fingerprint density at radius 3 is 1.12 bits per heavy atom. The van der Waals surface area contributed by atoms with E-state index in [4.69, 9.17) is 18.5 Å². The zero-order valence-corrected chi connectivity index (χ0v) is 44.1. The van der Waals surface area contributed by atoms with Gasteiger partial charge < -0.3 is 39.9 Å². The van der Waals surface area contributed by atoms with E-state index in [2.05, 4.69) is 26.0 Å². The molecule has 1 aliphatic rings. The van der Waals surface area contributed by atoms with Crippen molar-refractivity contribution in [2.45, 2.75) is 307 Å². The molecule has 0 radical (unpaired) electrons. The van der Waals surface area contributed by atoms with Gasteiger partial charge in [0.1, 0.15) is 43.2 Å². The zero-order valence-electron chi connectivity index (χ0n) is 43.2. The van der Waals surface area contributed by atoms with Crippen molar-refractivity contribution in [2.75, 3.05) is 13.2 Å². The van der Waals surface area contributed by atoms with Crippen molar-refractivity contribution in [3.63, 3.8) is 0 Å². The maximum atomic E-state index is 12.9. The molecule has 0 aromatic rings. The molecule has 0 aliphatic heterocycles. The number of hydrogen-bond acceptors (Lipinski definition) is 12. The Hall–Kier alpha value is -1.41. The number of rotatable bonds is 48. The second-order valence-corrected chi connectivity index (χ2v) is 21.2. The summed E-state index contributed by atoms with van der Waals surface area (Å²) in [7, 11) is -5.12. The minimum atomic E-state index is -5.12. The van der Waals surface area contributed by atoms with E-state index in [0.717, 1.165) is 44.9 Å². The second-order valence-electron chi connectivity index (χ2n) is 19.8. The van der Waals surface area contributed by atoms with Gasteiger partial charge in [-0.2, -0.15) is 0 Å². The van der Waals surface area contributed by atoms with Gasteiger partial charge in [-0.25, -0.2) is 4.57 Å². The quantitative estimate of drug-likeness (QED) is 0.0145. The lowest BCUT2D eigenvalue weighted by molar-refractivity contribution is -0.220. The molecule has 0 aromatic heterocycles. The van der Waals surface area contributed by atoms with Gasteiger partial charge in [0.2, 0.25) is 0 Å². The van der Waals surface area contributed by atoms with E-state index in [1.54, 1.807) is 0 Å². The maximum Gasteiger partial charge on any atom is 0.472 e. The van der Waals surface area contributed by atoms with Crippen LogP contribution >= 0.6 is 7.82 Å². The Kier molecular flexibility index (Phi) is 42.1. The Labute approximate surface area is 413 Å². The molecule has 14 heteroatoms. The highest BCUT2D eigenvalue weighted by molar-refractivity contribution is 7.47. The lowest BCUT2D eigenvalue weighted by Gasteiger charge is -2.41. The smallest absolute Gasteiger partial charge is 0.462 e. The summed E-state index contributed by atoms with van der Waals surface area (Å²) >= 11 is 0. The van der Waals surface area contributed by atoms with E-state index >= 15 is 0 Å². The first kappa shape index (κ1) is 64.6. The van der Waals surface area contributed by atoms with E-state index in [0.29, 0.717) is 12.8 Å². The van der Waals surface area contributed by atoms with Crippen LogP contribution in [-0.2, 0) is 32.7 Å². The fourth-order valence-corrected chi connectivity index (χ4v) is 9.85. The number of aliphatic hydroxyl groups excluding tert-OH is 5. The van der Waals surface area contributed by atoms with Crippen molar-refractivity contribution >= 4 is 19.8 Å². The fraction of sp³-hybridized carbons (Fsp3) is 0.926. The molecule has 68 heavy (non-hydrogen) atoms. The highest BCUT2D eigenvalue weighted by Gasteiger charge is 2.51. The number of unbranched alkanes of at least 4 members (excludes halogenated alkanes) is 34. The molecule has 1 saturated carbocycles. The molecule has 0 bridgehead atoms. The molecule has 13 nitrogen and oxygen atoms in total. The third-order valence-electron chi connectivity index (χ3n) is 13.4. The largest absolute Gasteiger partial charge is 0.472 e. The summed E-state index contributed by atoms with van der Waals surface area (Å²) in [6.07, 6.45) is 36.8. The summed E-state index contributed by atoms with van der Waals surface area (Å²) in [4.78, 5) is 35.9. The molecule has 402 valence electrons. The molecule has 6 N–H and O–H groups in total. The first-order valence-electron chi connectivity index (χ1n) is 28.0. The average Bonchev–Trinajstić information content (AvgIpc) is 3.32. The number of ether oxygens (including phenoxy) is 2. The molecule has 0 amide bonds. The third kappa shape index (κ3) is 35.7. The van der Waals surface area contributed by atoms with Crippen LogP contribution in [0.4, 0.5) is 0 Å². The highest BCUT2D eigenvalue weighted by atomic mass is 31.2. The van der Waals surface area contributed by atoms with Gasteiger partial charge in [-0.1, -0.05) is 225 Å². The Balaban J connectivity index is 2.34. The number of allylic oxidation sites excluding steroid dienone is 2. The fourth-order valence-electron chi connectivity index (χ4n) is 8.87. The predicted octanol–water partition coefficient (Wildman–Crippen LogP) is 12.6. The highest BCUT2D eigenvalue weighted by Crippen LogP contribution is 2.47. The van der Waals surface area contributed by atoms with Crippen LogP contribution in [0.2, 0.25) is 0 Å². The number of esters is 2. The van der Waals surface area contributed by atoms with Crippen LogP contribution in [0, 0.1) is 0 Å². The maximum absolute atomic E-state index is 12.9. The predicted molar refractivity (Wildman–Crippen MR) is 272 cm³/mol. The Morgan fingerprint density at radius 1 is 0.441 bits per heavy atom. The Bertz CT molecular complexity index is 1240. The summed E-state index contributed by atoms with van der Waals surface area (Å²) < 4.78 is 33.7. The molecule has 0 heterocycles. The molecule has 0 spiro atoms. The van der Waals surface area contributed by atoms with Crippen LogP contribution in [0.5, 0.6) is 0 Å². The van der Waals surface area contributed by atoms with E-state index in [9.17, 15) is 44.6 Å². The van der Waals surface area contributed by atoms with Crippen LogP contribution < -0.4 is 0 Å². The van der Waals surface area contributed by atoms with Crippen LogP contribution in [0.15, 0.2) is 12.2 Å². The average molecular weight is 991 g/mol. The van der Waals surface area contributed by atoms with E-state index in [1.165, 1.54) is 180 Å². The van der Waals surface area contributed by atoms with Crippen molar-refractivity contribution in [1.29, 1.82) is 0 Å². The lowest BCUT2D eigenvalue weighted by Crippen LogP contribution is -2.64. The normalized spacial score (nSPS) is 21.0. The van der Waals surface area contributed by atoms with Gasteiger partial charge in [0, 0.05) is 12.8 Å². The summed E-state index contributed by atoms with van der Waals surface area (Å²) in [6, 6.07) is 0. The molecular formula is C54H103O13P. The number of aliphatic hydroxyl groups is 5. The molecular weight excluding hydrogens is 888 g/mol.